The normalized spacial score (nSPS) is 22.2. The van der Waals surface area contributed by atoms with Gasteiger partial charge in [0.2, 0.25) is 0 Å². The molecule has 2 heterocycles. The van der Waals surface area contributed by atoms with Crippen LogP contribution in [-0.2, 0) is 6.54 Å². The van der Waals surface area contributed by atoms with E-state index in [0.717, 1.165) is 31.7 Å². The van der Waals surface area contributed by atoms with E-state index in [1.165, 1.54) is 12.8 Å². The molecule has 4 heteroatoms. The zero-order valence-corrected chi connectivity index (χ0v) is 10.2. The number of likely N-dealkylation sites (tertiary alicyclic amines) is 1. The number of halogens is 1. The first-order valence-electron chi connectivity index (χ1n) is 5.81. The molecular formula is C12H18ClN3. The fourth-order valence-electron chi connectivity index (χ4n) is 2.27. The predicted molar refractivity (Wildman–Crippen MR) is 66.3 cm³/mol. The predicted octanol–water partition coefficient (Wildman–Crippen LogP) is 1.91. The fourth-order valence-corrected chi connectivity index (χ4v) is 2.44. The summed E-state index contributed by atoms with van der Waals surface area (Å²) in [7, 11) is 0. The van der Waals surface area contributed by atoms with Crippen molar-refractivity contribution in [2.45, 2.75) is 19.4 Å². The molecule has 2 N–H and O–H groups in total. The molecule has 88 valence electrons. The van der Waals surface area contributed by atoms with Gasteiger partial charge in [-0.2, -0.15) is 0 Å². The van der Waals surface area contributed by atoms with E-state index < -0.39 is 0 Å². The van der Waals surface area contributed by atoms with Crippen molar-refractivity contribution < 1.29 is 0 Å². The Morgan fingerprint density at radius 2 is 2.44 bits per heavy atom. The number of rotatable bonds is 3. The molecule has 0 aliphatic carbocycles. The summed E-state index contributed by atoms with van der Waals surface area (Å²) in [6, 6.07) is 3.98. The molecule has 3 nitrogen and oxygen atoms in total. The van der Waals surface area contributed by atoms with Gasteiger partial charge < -0.3 is 5.73 Å². The number of nitrogens with two attached hydrogens (primary N) is 1. The number of pyridine rings is 1. The summed E-state index contributed by atoms with van der Waals surface area (Å²) in [4.78, 5) is 6.52. The molecular weight excluding hydrogens is 222 g/mol. The second-order valence-electron chi connectivity index (χ2n) is 4.43. The molecule has 1 atom stereocenters. The third kappa shape index (κ3) is 2.94. The lowest BCUT2D eigenvalue weighted by atomic mass is 9.98. The van der Waals surface area contributed by atoms with Crippen LogP contribution in [0.15, 0.2) is 18.3 Å². The number of piperidine rings is 1. The van der Waals surface area contributed by atoms with Crippen molar-refractivity contribution in [2.75, 3.05) is 19.6 Å². The van der Waals surface area contributed by atoms with Crippen LogP contribution in [0.2, 0.25) is 5.15 Å². The van der Waals surface area contributed by atoms with Crippen LogP contribution in [-0.4, -0.2) is 29.5 Å². The van der Waals surface area contributed by atoms with Gasteiger partial charge in [-0.3, -0.25) is 4.90 Å². The molecule has 1 fully saturated rings. The van der Waals surface area contributed by atoms with Crippen LogP contribution in [0.25, 0.3) is 0 Å². The number of hydrogen-bond donors (Lipinski definition) is 1. The van der Waals surface area contributed by atoms with Crippen LogP contribution < -0.4 is 5.73 Å². The second kappa shape index (κ2) is 5.62. The summed E-state index contributed by atoms with van der Waals surface area (Å²) in [5, 5.41) is 0.623. The summed E-state index contributed by atoms with van der Waals surface area (Å²) in [5.41, 5.74) is 6.84. The Bertz CT molecular complexity index is 343. The first-order valence-corrected chi connectivity index (χ1v) is 6.19. The number of nitrogens with zero attached hydrogens (tertiary/aromatic N) is 2. The van der Waals surface area contributed by atoms with Gasteiger partial charge in [-0.1, -0.05) is 17.7 Å². The van der Waals surface area contributed by atoms with Gasteiger partial charge in [-0.15, -0.1) is 0 Å². The lowest BCUT2D eigenvalue weighted by Crippen LogP contribution is -2.37. The van der Waals surface area contributed by atoms with Gasteiger partial charge in [-0.05, 0) is 37.9 Å². The Morgan fingerprint density at radius 3 is 3.19 bits per heavy atom. The van der Waals surface area contributed by atoms with Gasteiger partial charge in [0, 0.05) is 24.8 Å². The summed E-state index contributed by atoms with van der Waals surface area (Å²) in [6.07, 6.45) is 4.22. The van der Waals surface area contributed by atoms with Crippen molar-refractivity contribution in [1.82, 2.24) is 9.88 Å². The maximum atomic E-state index is 6.05. The monoisotopic (exact) mass is 239 g/mol. The molecule has 0 aromatic carbocycles. The molecule has 1 unspecified atom stereocenters. The highest BCUT2D eigenvalue weighted by molar-refractivity contribution is 6.30. The van der Waals surface area contributed by atoms with E-state index in [0.29, 0.717) is 11.1 Å². The zero-order chi connectivity index (χ0) is 11.4. The van der Waals surface area contributed by atoms with Crippen molar-refractivity contribution in [2.24, 2.45) is 11.7 Å². The average Bonchev–Trinajstić information content (AvgIpc) is 2.32. The van der Waals surface area contributed by atoms with Crippen molar-refractivity contribution in [1.29, 1.82) is 0 Å². The van der Waals surface area contributed by atoms with Crippen molar-refractivity contribution in [3.05, 3.63) is 29.0 Å². The average molecular weight is 240 g/mol. The summed E-state index contributed by atoms with van der Waals surface area (Å²) < 4.78 is 0. The second-order valence-corrected chi connectivity index (χ2v) is 4.79. The minimum absolute atomic E-state index is 0.623. The van der Waals surface area contributed by atoms with Crippen LogP contribution in [0, 0.1) is 5.92 Å². The Labute approximate surface area is 102 Å². The zero-order valence-electron chi connectivity index (χ0n) is 9.40. The SMILES string of the molecule is NCC1CCCN(Cc2cccnc2Cl)C1. The molecule has 0 amide bonds. The molecule has 0 bridgehead atoms. The molecule has 1 aromatic rings. The summed E-state index contributed by atoms with van der Waals surface area (Å²) in [5.74, 6) is 0.643. The van der Waals surface area contributed by atoms with Crippen LogP contribution in [0.4, 0.5) is 0 Å². The van der Waals surface area contributed by atoms with Crippen LogP contribution in [0.1, 0.15) is 18.4 Å². The molecule has 16 heavy (non-hydrogen) atoms. The van der Waals surface area contributed by atoms with E-state index in [1.54, 1.807) is 6.20 Å². The Balaban J connectivity index is 1.97. The first-order chi connectivity index (χ1) is 7.79. The Kier molecular flexibility index (Phi) is 4.16. The van der Waals surface area contributed by atoms with Crippen LogP contribution in [0.3, 0.4) is 0 Å². The van der Waals surface area contributed by atoms with Gasteiger partial charge in [0.1, 0.15) is 5.15 Å². The lowest BCUT2D eigenvalue weighted by molar-refractivity contribution is 0.171. The Hall–Kier alpha value is -0.640. The molecule has 1 aliphatic heterocycles. The van der Waals surface area contributed by atoms with Crippen molar-refractivity contribution in [3.8, 4) is 0 Å². The minimum Gasteiger partial charge on any atom is -0.330 e. The van der Waals surface area contributed by atoms with E-state index >= 15 is 0 Å². The Morgan fingerprint density at radius 1 is 1.56 bits per heavy atom. The van der Waals surface area contributed by atoms with E-state index in [2.05, 4.69) is 9.88 Å². The van der Waals surface area contributed by atoms with Gasteiger partial charge in [0.05, 0.1) is 0 Å². The first kappa shape index (κ1) is 11.8. The van der Waals surface area contributed by atoms with Gasteiger partial charge >= 0.3 is 0 Å². The quantitative estimate of drug-likeness (QED) is 0.820. The molecule has 0 saturated carbocycles. The van der Waals surface area contributed by atoms with E-state index in [4.69, 9.17) is 17.3 Å². The third-order valence-electron chi connectivity index (χ3n) is 3.17. The molecule has 1 saturated heterocycles. The maximum Gasteiger partial charge on any atom is 0.133 e. The van der Waals surface area contributed by atoms with Crippen LogP contribution in [0.5, 0.6) is 0 Å². The molecule has 2 rings (SSSR count). The minimum atomic E-state index is 0.623. The van der Waals surface area contributed by atoms with E-state index in [9.17, 15) is 0 Å². The largest absolute Gasteiger partial charge is 0.330 e. The molecule has 1 aliphatic rings. The number of aromatic nitrogens is 1. The lowest BCUT2D eigenvalue weighted by Gasteiger charge is -2.32. The molecule has 0 radical (unpaired) electrons. The van der Waals surface area contributed by atoms with Crippen molar-refractivity contribution >= 4 is 11.6 Å². The number of hydrogen-bond acceptors (Lipinski definition) is 3. The summed E-state index contributed by atoms with van der Waals surface area (Å²) >= 11 is 6.05. The van der Waals surface area contributed by atoms with Gasteiger partial charge in [0.15, 0.2) is 0 Å². The molecule has 1 aromatic heterocycles. The highest BCUT2D eigenvalue weighted by Gasteiger charge is 2.19. The topological polar surface area (TPSA) is 42.1 Å². The fraction of sp³-hybridized carbons (Fsp3) is 0.583. The maximum absolute atomic E-state index is 6.05. The summed E-state index contributed by atoms with van der Waals surface area (Å²) in [6.45, 7) is 3.91. The smallest absolute Gasteiger partial charge is 0.133 e. The van der Waals surface area contributed by atoms with Gasteiger partial charge in [0.25, 0.3) is 0 Å². The standard InChI is InChI=1S/C12H18ClN3/c13-12-11(4-1-5-15-12)9-16-6-2-3-10(7-14)8-16/h1,4-5,10H,2-3,6-9,14H2. The van der Waals surface area contributed by atoms with E-state index in [1.807, 2.05) is 12.1 Å². The third-order valence-corrected chi connectivity index (χ3v) is 3.51. The van der Waals surface area contributed by atoms with Crippen molar-refractivity contribution in [3.63, 3.8) is 0 Å². The van der Waals surface area contributed by atoms with Crippen LogP contribution >= 0.6 is 11.6 Å². The highest BCUT2D eigenvalue weighted by Crippen LogP contribution is 2.20. The molecule has 0 spiro atoms. The highest BCUT2D eigenvalue weighted by atomic mass is 35.5. The van der Waals surface area contributed by atoms with Gasteiger partial charge in [-0.25, -0.2) is 4.98 Å². The van der Waals surface area contributed by atoms with E-state index in [-0.39, 0.29) is 0 Å².